The van der Waals surface area contributed by atoms with E-state index < -0.39 is 40.6 Å². The molecule has 4 heterocycles. The molecule has 0 saturated carbocycles. The van der Waals surface area contributed by atoms with E-state index in [0.29, 0.717) is 11.4 Å². The second-order valence-corrected chi connectivity index (χ2v) is 9.31. The highest BCUT2D eigenvalue weighted by atomic mass is 16.5. The van der Waals surface area contributed by atoms with Crippen LogP contribution in [-0.4, -0.2) is 78.9 Å². The molecule has 2 fully saturated rings. The van der Waals surface area contributed by atoms with E-state index in [1.807, 2.05) is 42.8 Å². The molecule has 2 aromatic heterocycles. The van der Waals surface area contributed by atoms with Gasteiger partial charge in [-0.05, 0) is 51.2 Å². The van der Waals surface area contributed by atoms with Crippen molar-refractivity contribution in [1.82, 2.24) is 19.8 Å². The largest absolute Gasteiger partial charge is 0.468 e. The molecule has 2 aliphatic heterocycles. The van der Waals surface area contributed by atoms with E-state index >= 15 is 0 Å². The van der Waals surface area contributed by atoms with Gasteiger partial charge in [0, 0.05) is 25.5 Å². The van der Waals surface area contributed by atoms with Crippen molar-refractivity contribution in [2.24, 2.45) is 10.8 Å². The van der Waals surface area contributed by atoms with E-state index in [-0.39, 0.29) is 13.1 Å². The molecular formula is C25H30N4O5. The first-order valence-electron chi connectivity index (χ1n) is 11.1. The standard InChI is InChI=1S/C25H30N4O5/c1-15-9-7-11-26-17(15)19-24(22(31)33-5)13-28(3)14-25(21(24)30,23(32)34-6)20(29(19)4)18-16(2)10-8-12-27-18/h7-12,19-20H,13-14H2,1-6H3. The Balaban J connectivity index is 2.12. The number of methoxy groups -OCH3 is 2. The number of ketones is 1. The first-order chi connectivity index (χ1) is 16.2. The van der Waals surface area contributed by atoms with E-state index in [4.69, 9.17) is 9.47 Å². The predicted molar refractivity (Wildman–Crippen MR) is 123 cm³/mol. The molecule has 4 rings (SSSR count). The summed E-state index contributed by atoms with van der Waals surface area (Å²) in [4.78, 5) is 54.7. The van der Waals surface area contributed by atoms with Crippen molar-refractivity contribution in [3.8, 4) is 0 Å². The Kier molecular flexibility index (Phi) is 6.03. The fourth-order valence-corrected chi connectivity index (χ4v) is 6.04. The monoisotopic (exact) mass is 466 g/mol. The van der Waals surface area contributed by atoms with Gasteiger partial charge in [0.15, 0.2) is 16.6 Å². The van der Waals surface area contributed by atoms with Crippen LogP contribution in [0.2, 0.25) is 0 Å². The first kappa shape index (κ1) is 24.0. The zero-order chi connectivity index (χ0) is 24.8. The van der Waals surface area contributed by atoms with Crippen molar-refractivity contribution in [3.63, 3.8) is 0 Å². The summed E-state index contributed by atoms with van der Waals surface area (Å²) in [7, 11) is 6.12. The minimum absolute atomic E-state index is 0.0796. The molecule has 2 bridgehead atoms. The highest BCUT2D eigenvalue weighted by Crippen LogP contribution is 2.60. The highest BCUT2D eigenvalue weighted by molar-refractivity contribution is 6.17. The summed E-state index contributed by atoms with van der Waals surface area (Å²) in [6.45, 7) is 3.94. The SMILES string of the molecule is COC(=O)C12CN(C)CC(C(=O)OC)(C1=O)C(c1ncccc1C)N(C)C2c1ncccc1C. The third-order valence-electron chi connectivity index (χ3n) is 7.31. The number of rotatable bonds is 4. The summed E-state index contributed by atoms with van der Waals surface area (Å²) in [6.07, 6.45) is 3.28. The maximum Gasteiger partial charge on any atom is 0.322 e. The van der Waals surface area contributed by atoms with Crippen LogP contribution in [0.5, 0.6) is 0 Å². The zero-order valence-electron chi connectivity index (χ0n) is 20.4. The summed E-state index contributed by atoms with van der Waals surface area (Å²) in [5.41, 5.74) is -0.574. The normalized spacial score (nSPS) is 29.5. The lowest BCUT2D eigenvalue weighted by Gasteiger charge is -2.60. The number of hydrogen-bond acceptors (Lipinski definition) is 9. The van der Waals surface area contributed by atoms with Gasteiger partial charge in [-0.3, -0.25) is 29.3 Å². The summed E-state index contributed by atoms with van der Waals surface area (Å²) in [5, 5.41) is 0. The van der Waals surface area contributed by atoms with Crippen molar-refractivity contribution in [2.75, 3.05) is 41.4 Å². The number of nitrogens with zero attached hydrogens (tertiary/aromatic N) is 4. The molecule has 34 heavy (non-hydrogen) atoms. The lowest BCUT2D eigenvalue weighted by molar-refractivity contribution is -0.202. The van der Waals surface area contributed by atoms with Crippen LogP contribution in [0, 0.1) is 24.7 Å². The van der Waals surface area contributed by atoms with E-state index in [9.17, 15) is 14.4 Å². The second-order valence-electron chi connectivity index (χ2n) is 9.31. The number of aromatic nitrogens is 2. The molecular weight excluding hydrogens is 436 g/mol. The predicted octanol–water partition coefficient (Wildman–Crippen LogP) is 1.65. The Morgan fingerprint density at radius 2 is 1.29 bits per heavy atom. The smallest absolute Gasteiger partial charge is 0.322 e. The number of likely N-dealkylation sites (tertiary alicyclic amines) is 2. The van der Waals surface area contributed by atoms with Crippen LogP contribution in [0.1, 0.15) is 34.6 Å². The molecule has 4 unspecified atom stereocenters. The average Bonchev–Trinajstić information content (AvgIpc) is 2.82. The Hall–Kier alpha value is -3.17. The first-order valence-corrected chi connectivity index (χ1v) is 11.1. The fraction of sp³-hybridized carbons (Fsp3) is 0.480. The summed E-state index contributed by atoms with van der Waals surface area (Å²) >= 11 is 0. The molecule has 4 atom stereocenters. The average molecular weight is 467 g/mol. The van der Waals surface area contributed by atoms with E-state index in [1.165, 1.54) is 14.2 Å². The molecule has 0 N–H and O–H groups in total. The Morgan fingerprint density at radius 1 is 0.882 bits per heavy atom. The molecule has 2 aliphatic rings. The van der Waals surface area contributed by atoms with Gasteiger partial charge in [-0.25, -0.2) is 0 Å². The van der Waals surface area contributed by atoms with Crippen LogP contribution in [0.4, 0.5) is 0 Å². The lowest BCUT2D eigenvalue weighted by atomic mass is 9.54. The van der Waals surface area contributed by atoms with E-state index in [0.717, 1.165) is 11.1 Å². The van der Waals surface area contributed by atoms with Gasteiger partial charge in [-0.15, -0.1) is 0 Å². The molecule has 0 aromatic carbocycles. The number of aryl methyl sites for hydroxylation is 2. The molecule has 180 valence electrons. The Labute approximate surface area is 199 Å². The number of pyridine rings is 2. The minimum atomic E-state index is -1.69. The molecule has 9 heteroatoms. The van der Waals surface area contributed by atoms with Crippen molar-refractivity contribution in [2.45, 2.75) is 25.9 Å². The van der Waals surface area contributed by atoms with Crippen molar-refractivity contribution in [3.05, 3.63) is 59.2 Å². The van der Waals surface area contributed by atoms with E-state index in [2.05, 4.69) is 9.97 Å². The van der Waals surface area contributed by atoms with Gasteiger partial charge in [0.2, 0.25) is 0 Å². The van der Waals surface area contributed by atoms with Crippen LogP contribution in [0.25, 0.3) is 0 Å². The van der Waals surface area contributed by atoms with Gasteiger partial charge >= 0.3 is 11.9 Å². The van der Waals surface area contributed by atoms with Crippen molar-refractivity contribution in [1.29, 1.82) is 0 Å². The van der Waals surface area contributed by atoms with Crippen LogP contribution in [0.15, 0.2) is 36.7 Å². The quantitative estimate of drug-likeness (QED) is 0.492. The Morgan fingerprint density at radius 3 is 1.65 bits per heavy atom. The van der Waals surface area contributed by atoms with Crippen LogP contribution in [-0.2, 0) is 23.9 Å². The van der Waals surface area contributed by atoms with Crippen molar-refractivity contribution < 1.29 is 23.9 Å². The number of piperidine rings is 2. The van der Waals surface area contributed by atoms with Gasteiger partial charge in [0.1, 0.15) is 0 Å². The molecule has 9 nitrogen and oxygen atoms in total. The minimum Gasteiger partial charge on any atom is -0.468 e. The van der Waals surface area contributed by atoms with Crippen molar-refractivity contribution >= 4 is 17.7 Å². The fourth-order valence-electron chi connectivity index (χ4n) is 6.04. The van der Waals surface area contributed by atoms with Gasteiger partial charge in [0.25, 0.3) is 0 Å². The second kappa shape index (κ2) is 8.56. The maximum absolute atomic E-state index is 14.6. The number of esters is 2. The summed E-state index contributed by atoms with van der Waals surface area (Å²) in [5.74, 6) is -1.91. The number of ether oxygens (including phenoxy) is 2. The number of carbonyl (C=O) groups is 3. The third kappa shape index (κ3) is 3.10. The topological polar surface area (TPSA) is 102 Å². The molecule has 0 amide bonds. The third-order valence-corrected chi connectivity index (χ3v) is 7.31. The van der Waals surface area contributed by atoms with Gasteiger partial charge < -0.3 is 14.4 Å². The van der Waals surface area contributed by atoms with Crippen LogP contribution < -0.4 is 0 Å². The number of hydrogen-bond donors (Lipinski definition) is 0. The van der Waals surface area contributed by atoms with Gasteiger partial charge in [-0.2, -0.15) is 0 Å². The number of fused-ring (bicyclic) bond motifs is 2. The van der Waals surface area contributed by atoms with Gasteiger partial charge in [-0.1, -0.05) is 12.1 Å². The maximum atomic E-state index is 14.6. The molecule has 2 saturated heterocycles. The van der Waals surface area contributed by atoms with Crippen LogP contribution in [0.3, 0.4) is 0 Å². The molecule has 0 spiro atoms. The Bertz CT molecular complexity index is 1070. The zero-order valence-corrected chi connectivity index (χ0v) is 20.4. The lowest BCUT2D eigenvalue weighted by Crippen LogP contribution is -2.75. The number of Topliss-reactive ketones (excluding diaryl/α,β-unsaturated/α-hetero) is 1. The van der Waals surface area contributed by atoms with Gasteiger partial charge in [0.05, 0.1) is 37.7 Å². The van der Waals surface area contributed by atoms with E-state index in [1.54, 1.807) is 31.6 Å². The molecule has 0 radical (unpaired) electrons. The summed E-state index contributed by atoms with van der Waals surface area (Å²) < 4.78 is 10.5. The summed E-state index contributed by atoms with van der Waals surface area (Å²) in [6, 6.07) is 5.81. The number of carbonyl (C=O) groups excluding carboxylic acids is 3. The highest BCUT2D eigenvalue weighted by Gasteiger charge is 2.75. The molecule has 0 aliphatic carbocycles. The molecule has 2 aromatic rings. The van der Waals surface area contributed by atoms with Crippen LogP contribution >= 0.6 is 0 Å².